The first kappa shape index (κ1) is 20.4. The molecular formula is C20H20F2N4O3S. The number of halogens is 2. The van der Waals surface area contributed by atoms with E-state index in [4.69, 9.17) is 4.74 Å². The van der Waals surface area contributed by atoms with Crippen LogP contribution in [-0.2, 0) is 17.6 Å². The Morgan fingerprint density at radius 3 is 2.83 bits per heavy atom. The van der Waals surface area contributed by atoms with Gasteiger partial charge in [-0.3, -0.25) is 4.79 Å². The lowest BCUT2D eigenvalue weighted by atomic mass is 9.95. The number of carbonyl (C=O) groups is 2. The third-order valence-corrected chi connectivity index (χ3v) is 6.18. The number of amides is 1. The summed E-state index contributed by atoms with van der Waals surface area (Å²) < 4.78 is 32.8. The molecule has 7 nitrogen and oxygen atoms in total. The lowest BCUT2D eigenvalue weighted by Crippen LogP contribution is -2.16. The van der Waals surface area contributed by atoms with Crippen LogP contribution < -0.4 is 5.32 Å². The van der Waals surface area contributed by atoms with E-state index in [1.165, 1.54) is 23.6 Å². The van der Waals surface area contributed by atoms with Crippen LogP contribution in [0.3, 0.4) is 0 Å². The third-order valence-electron chi connectivity index (χ3n) is 4.97. The highest BCUT2D eigenvalue weighted by Crippen LogP contribution is 2.39. The van der Waals surface area contributed by atoms with Gasteiger partial charge in [0.05, 0.1) is 18.4 Å². The highest BCUT2D eigenvalue weighted by molar-refractivity contribution is 7.17. The smallest absolute Gasteiger partial charge is 0.341 e. The summed E-state index contributed by atoms with van der Waals surface area (Å²) in [5.41, 5.74) is 1.43. The Morgan fingerprint density at radius 2 is 2.10 bits per heavy atom. The predicted molar refractivity (Wildman–Crippen MR) is 108 cm³/mol. The van der Waals surface area contributed by atoms with Gasteiger partial charge in [0.1, 0.15) is 16.3 Å². The minimum absolute atomic E-state index is 0.0433. The summed E-state index contributed by atoms with van der Waals surface area (Å²) in [5.74, 6) is -1.03. The molecule has 30 heavy (non-hydrogen) atoms. The van der Waals surface area contributed by atoms with Crippen LogP contribution in [0.2, 0.25) is 0 Å². The monoisotopic (exact) mass is 434 g/mol. The summed E-state index contributed by atoms with van der Waals surface area (Å²) in [4.78, 5) is 30.8. The molecule has 1 aliphatic carbocycles. The van der Waals surface area contributed by atoms with Crippen molar-refractivity contribution in [2.75, 3.05) is 11.9 Å². The summed E-state index contributed by atoms with van der Waals surface area (Å²) in [6, 6.07) is 1.23. The molecule has 0 atom stereocenters. The van der Waals surface area contributed by atoms with Gasteiger partial charge in [0.15, 0.2) is 5.65 Å². The molecular weight excluding hydrogens is 414 g/mol. The van der Waals surface area contributed by atoms with Crippen molar-refractivity contribution in [1.29, 1.82) is 0 Å². The molecule has 1 aliphatic rings. The van der Waals surface area contributed by atoms with Crippen LogP contribution in [0.5, 0.6) is 0 Å². The van der Waals surface area contributed by atoms with Crippen molar-refractivity contribution in [2.45, 2.75) is 46.0 Å². The first-order chi connectivity index (χ1) is 14.4. The molecule has 0 spiro atoms. The van der Waals surface area contributed by atoms with E-state index in [0.29, 0.717) is 16.3 Å². The fraction of sp³-hybridized carbons (Fsp3) is 0.400. The van der Waals surface area contributed by atoms with Crippen molar-refractivity contribution >= 4 is 33.9 Å². The van der Waals surface area contributed by atoms with Crippen LogP contribution in [0, 0.1) is 6.92 Å². The third kappa shape index (κ3) is 3.55. The SMILES string of the molecule is CCOC(=O)c1c(NC(=O)c2cnn3c(C(F)F)cc(C)nc23)sc2c1CCCC2. The Balaban J connectivity index is 1.73. The maximum atomic E-state index is 13.3. The second-order valence-electron chi connectivity index (χ2n) is 7.01. The Labute approximate surface area is 175 Å². The molecule has 3 heterocycles. The number of carbonyl (C=O) groups excluding carboxylic acids is 2. The van der Waals surface area contributed by atoms with Crippen LogP contribution in [0.1, 0.15) is 68.7 Å². The number of nitrogens with zero attached hydrogens (tertiary/aromatic N) is 3. The molecule has 0 radical (unpaired) electrons. The molecule has 0 saturated heterocycles. The number of hydrogen-bond acceptors (Lipinski definition) is 6. The lowest BCUT2D eigenvalue weighted by Gasteiger charge is -2.12. The predicted octanol–water partition coefficient (Wildman–Crippen LogP) is 4.34. The number of alkyl halides is 2. The zero-order chi connectivity index (χ0) is 21.4. The zero-order valence-electron chi connectivity index (χ0n) is 16.5. The van der Waals surface area contributed by atoms with E-state index in [1.54, 1.807) is 13.8 Å². The first-order valence-electron chi connectivity index (χ1n) is 9.67. The van der Waals surface area contributed by atoms with E-state index in [2.05, 4.69) is 15.4 Å². The fourth-order valence-electron chi connectivity index (χ4n) is 3.67. The summed E-state index contributed by atoms with van der Waals surface area (Å²) in [5, 5.41) is 7.10. The topological polar surface area (TPSA) is 85.6 Å². The number of hydrogen-bond donors (Lipinski definition) is 1. The fourth-order valence-corrected chi connectivity index (χ4v) is 4.94. The molecule has 0 saturated carbocycles. The molecule has 4 rings (SSSR count). The molecule has 1 amide bonds. The molecule has 0 unspecified atom stereocenters. The Hall–Kier alpha value is -2.88. The van der Waals surface area contributed by atoms with Gasteiger partial charge in [-0.15, -0.1) is 11.3 Å². The average molecular weight is 434 g/mol. The summed E-state index contributed by atoms with van der Waals surface area (Å²) in [6.07, 6.45) is 2.04. The van der Waals surface area contributed by atoms with Crippen molar-refractivity contribution < 1.29 is 23.1 Å². The number of esters is 1. The maximum Gasteiger partial charge on any atom is 0.341 e. The van der Waals surface area contributed by atoms with Crippen LogP contribution >= 0.6 is 11.3 Å². The van der Waals surface area contributed by atoms with E-state index in [0.717, 1.165) is 40.6 Å². The largest absolute Gasteiger partial charge is 0.462 e. The second kappa shape index (κ2) is 8.10. The van der Waals surface area contributed by atoms with E-state index in [9.17, 15) is 18.4 Å². The number of aromatic nitrogens is 3. The highest BCUT2D eigenvalue weighted by Gasteiger charge is 2.28. The van der Waals surface area contributed by atoms with Crippen LogP contribution in [-0.4, -0.2) is 33.1 Å². The summed E-state index contributed by atoms with van der Waals surface area (Å²) >= 11 is 1.36. The van der Waals surface area contributed by atoms with E-state index < -0.39 is 18.3 Å². The number of nitrogens with one attached hydrogen (secondary N) is 1. The van der Waals surface area contributed by atoms with Crippen LogP contribution in [0.4, 0.5) is 13.8 Å². The van der Waals surface area contributed by atoms with Crippen molar-refractivity contribution in [3.05, 3.63) is 45.2 Å². The summed E-state index contributed by atoms with van der Waals surface area (Å²) in [7, 11) is 0. The van der Waals surface area contributed by atoms with Gasteiger partial charge in [0.2, 0.25) is 0 Å². The average Bonchev–Trinajstić information content (AvgIpc) is 3.28. The molecule has 158 valence electrons. The minimum atomic E-state index is -2.76. The number of thiophene rings is 1. The second-order valence-corrected chi connectivity index (χ2v) is 8.11. The lowest BCUT2D eigenvalue weighted by molar-refractivity contribution is 0.0526. The van der Waals surface area contributed by atoms with Gasteiger partial charge in [-0.2, -0.15) is 5.10 Å². The number of rotatable bonds is 5. The maximum absolute atomic E-state index is 13.3. The van der Waals surface area contributed by atoms with Gasteiger partial charge >= 0.3 is 5.97 Å². The van der Waals surface area contributed by atoms with E-state index in [-0.39, 0.29) is 23.5 Å². The van der Waals surface area contributed by atoms with Gasteiger partial charge in [-0.1, -0.05) is 0 Å². The van der Waals surface area contributed by atoms with Crippen LogP contribution in [0.25, 0.3) is 5.65 Å². The molecule has 0 fully saturated rings. The van der Waals surface area contributed by atoms with Crippen molar-refractivity contribution in [1.82, 2.24) is 14.6 Å². The number of fused-ring (bicyclic) bond motifs is 2. The minimum Gasteiger partial charge on any atom is -0.462 e. The highest BCUT2D eigenvalue weighted by atomic mass is 32.1. The molecule has 3 aromatic heterocycles. The van der Waals surface area contributed by atoms with Gasteiger partial charge in [0.25, 0.3) is 12.3 Å². The molecule has 0 aromatic carbocycles. The number of ether oxygens (including phenoxy) is 1. The Kier molecular flexibility index (Phi) is 5.50. The zero-order valence-corrected chi connectivity index (χ0v) is 17.3. The van der Waals surface area contributed by atoms with E-state index in [1.807, 2.05) is 0 Å². The summed E-state index contributed by atoms with van der Waals surface area (Å²) in [6.45, 7) is 3.53. The molecule has 3 aromatic rings. The van der Waals surface area contributed by atoms with Gasteiger partial charge in [-0.05, 0) is 51.2 Å². The molecule has 0 bridgehead atoms. The van der Waals surface area contributed by atoms with Gasteiger partial charge in [0, 0.05) is 10.6 Å². The molecule has 10 heteroatoms. The number of anilines is 1. The Morgan fingerprint density at radius 1 is 1.33 bits per heavy atom. The molecule has 1 N–H and O–H groups in total. The number of aryl methyl sites for hydroxylation is 2. The van der Waals surface area contributed by atoms with E-state index >= 15 is 0 Å². The first-order valence-corrected chi connectivity index (χ1v) is 10.5. The van der Waals surface area contributed by atoms with Crippen LogP contribution in [0.15, 0.2) is 12.3 Å². The van der Waals surface area contributed by atoms with Crippen molar-refractivity contribution in [3.8, 4) is 0 Å². The van der Waals surface area contributed by atoms with Gasteiger partial charge in [-0.25, -0.2) is 23.1 Å². The van der Waals surface area contributed by atoms with Crippen molar-refractivity contribution in [3.63, 3.8) is 0 Å². The Bertz CT molecular complexity index is 1140. The quantitative estimate of drug-likeness (QED) is 0.604. The normalized spacial score (nSPS) is 13.5. The van der Waals surface area contributed by atoms with Gasteiger partial charge < -0.3 is 10.1 Å². The standard InChI is InChI=1S/C20H20F2N4O3S/c1-3-29-20(28)15-11-6-4-5-7-14(11)30-19(15)25-18(27)12-9-23-26-13(16(21)22)8-10(2)24-17(12)26/h8-9,16H,3-7H2,1-2H3,(H,25,27). The van der Waals surface area contributed by atoms with Crippen molar-refractivity contribution in [2.24, 2.45) is 0 Å². The molecule has 0 aliphatic heterocycles.